The maximum absolute atomic E-state index is 12.0. The van der Waals surface area contributed by atoms with Crippen LogP contribution in [0.2, 0.25) is 5.02 Å². The summed E-state index contributed by atoms with van der Waals surface area (Å²) in [6.07, 6.45) is 0.767. The first-order valence-electron chi connectivity index (χ1n) is 5.89. The smallest absolute Gasteiger partial charge is 0.303 e. The molecule has 104 valence electrons. The lowest BCUT2D eigenvalue weighted by Gasteiger charge is -2.14. The van der Waals surface area contributed by atoms with E-state index in [9.17, 15) is 9.59 Å². The fourth-order valence-electron chi connectivity index (χ4n) is 1.61. The first-order valence-corrected chi connectivity index (χ1v) is 7.34. The number of nitrogens with one attached hydrogen (secondary N) is 1. The zero-order valence-corrected chi connectivity index (χ0v) is 13.4. The third kappa shape index (κ3) is 5.36. The Hall–Kier alpha value is -0.820. The first kappa shape index (κ1) is 16.2. The van der Waals surface area contributed by atoms with Crippen molar-refractivity contribution in [3.63, 3.8) is 0 Å². The molecule has 1 rings (SSSR count). The number of hydrogen-bond acceptors (Lipinski definition) is 2. The molecule has 0 aromatic heterocycles. The number of benzene rings is 1. The number of carbonyl (C=O) groups is 2. The molecule has 2 N–H and O–H groups in total. The maximum atomic E-state index is 12.0. The molecule has 19 heavy (non-hydrogen) atoms. The molecule has 0 aliphatic heterocycles. The third-order valence-corrected chi connectivity index (χ3v) is 3.94. The number of carboxylic acid groups (broad SMARTS) is 1. The van der Waals surface area contributed by atoms with E-state index in [1.54, 1.807) is 18.2 Å². The fourth-order valence-corrected chi connectivity index (χ4v) is 2.36. The molecular weight excluding hydrogens is 381 g/mol. The molecule has 0 aliphatic rings. The minimum Gasteiger partial charge on any atom is -0.481 e. The molecule has 0 bridgehead atoms. The van der Waals surface area contributed by atoms with Gasteiger partial charge in [0.25, 0.3) is 5.91 Å². The number of hydrogen-bond donors (Lipinski definition) is 2. The van der Waals surface area contributed by atoms with Crippen molar-refractivity contribution in [3.8, 4) is 0 Å². The van der Waals surface area contributed by atoms with E-state index in [2.05, 4.69) is 27.9 Å². The highest BCUT2D eigenvalue weighted by Gasteiger charge is 2.15. The number of amides is 1. The van der Waals surface area contributed by atoms with Crippen molar-refractivity contribution in [2.75, 3.05) is 6.54 Å². The predicted octanol–water partition coefficient (Wildman–Crippen LogP) is 3.18. The van der Waals surface area contributed by atoms with E-state index in [1.165, 1.54) is 0 Å². The van der Waals surface area contributed by atoms with Crippen LogP contribution in [0.25, 0.3) is 0 Å². The van der Waals surface area contributed by atoms with Gasteiger partial charge >= 0.3 is 5.97 Å². The topological polar surface area (TPSA) is 66.4 Å². The molecule has 0 saturated carbocycles. The van der Waals surface area contributed by atoms with Crippen LogP contribution in [-0.2, 0) is 4.79 Å². The summed E-state index contributed by atoms with van der Waals surface area (Å²) < 4.78 is 0.811. The van der Waals surface area contributed by atoms with Gasteiger partial charge in [-0.1, -0.05) is 24.9 Å². The fraction of sp³-hybridized carbons (Fsp3) is 0.385. The molecule has 0 heterocycles. The van der Waals surface area contributed by atoms with E-state index in [-0.39, 0.29) is 18.2 Å². The summed E-state index contributed by atoms with van der Waals surface area (Å²) in [5.74, 6) is -1.13. The van der Waals surface area contributed by atoms with Crippen molar-refractivity contribution in [1.29, 1.82) is 0 Å². The third-order valence-electron chi connectivity index (χ3n) is 2.76. The van der Waals surface area contributed by atoms with Crippen molar-refractivity contribution in [3.05, 3.63) is 32.4 Å². The summed E-state index contributed by atoms with van der Waals surface area (Å²) in [5, 5.41) is 12.0. The van der Waals surface area contributed by atoms with E-state index in [4.69, 9.17) is 16.7 Å². The molecule has 0 radical (unpaired) electrons. The standard InChI is InChI=1S/C13H15ClINO3/c1-2-8(5-12(17)18)7-16-13(19)10-6-9(14)3-4-11(10)15/h3-4,6,8H,2,5,7H2,1H3,(H,16,19)(H,17,18). The molecule has 0 fully saturated rings. The van der Waals surface area contributed by atoms with Crippen LogP contribution in [0.5, 0.6) is 0 Å². The van der Waals surface area contributed by atoms with Crippen molar-refractivity contribution in [1.82, 2.24) is 5.32 Å². The Balaban J connectivity index is 2.64. The van der Waals surface area contributed by atoms with Gasteiger partial charge in [-0.3, -0.25) is 9.59 Å². The lowest BCUT2D eigenvalue weighted by Crippen LogP contribution is -2.30. The average Bonchev–Trinajstić information content (AvgIpc) is 2.36. The van der Waals surface area contributed by atoms with Gasteiger partial charge in [-0.15, -0.1) is 0 Å². The zero-order chi connectivity index (χ0) is 14.4. The molecular formula is C13H15ClINO3. The van der Waals surface area contributed by atoms with Crippen LogP contribution in [0.1, 0.15) is 30.1 Å². The van der Waals surface area contributed by atoms with Gasteiger partial charge in [-0.25, -0.2) is 0 Å². The number of rotatable bonds is 6. The molecule has 1 unspecified atom stereocenters. The van der Waals surface area contributed by atoms with Crippen LogP contribution in [0, 0.1) is 9.49 Å². The van der Waals surface area contributed by atoms with Gasteiger partial charge in [0.2, 0.25) is 0 Å². The Morgan fingerprint density at radius 2 is 2.16 bits per heavy atom. The normalized spacial score (nSPS) is 11.9. The van der Waals surface area contributed by atoms with Gasteiger partial charge in [0.1, 0.15) is 0 Å². The first-order chi connectivity index (χ1) is 8.93. The molecule has 1 amide bonds. The number of carbonyl (C=O) groups excluding carboxylic acids is 1. The van der Waals surface area contributed by atoms with Gasteiger partial charge in [0, 0.05) is 21.6 Å². The van der Waals surface area contributed by atoms with E-state index in [0.29, 0.717) is 23.6 Å². The van der Waals surface area contributed by atoms with E-state index in [1.807, 2.05) is 6.92 Å². The lowest BCUT2D eigenvalue weighted by atomic mass is 10.0. The van der Waals surface area contributed by atoms with Crippen molar-refractivity contribution < 1.29 is 14.7 Å². The Labute approximate surface area is 130 Å². The molecule has 1 aromatic carbocycles. The van der Waals surface area contributed by atoms with Gasteiger partial charge < -0.3 is 10.4 Å². The van der Waals surface area contributed by atoms with Crippen molar-refractivity contribution in [2.24, 2.45) is 5.92 Å². The minimum atomic E-state index is -0.849. The summed E-state index contributed by atoms with van der Waals surface area (Å²) in [7, 11) is 0. The Morgan fingerprint density at radius 3 is 2.74 bits per heavy atom. The van der Waals surface area contributed by atoms with Gasteiger partial charge in [0.15, 0.2) is 0 Å². The van der Waals surface area contributed by atoms with Crippen molar-refractivity contribution >= 4 is 46.1 Å². The second-order valence-electron chi connectivity index (χ2n) is 4.21. The Bertz CT molecular complexity index is 479. The molecule has 1 atom stereocenters. The number of halogens is 2. The zero-order valence-electron chi connectivity index (χ0n) is 10.5. The van der Waals surface area contributed by atoms with Crippen LogP contribution < -0.4 is 5.32 Å². The van der Waals surface area contributed by atoms with Crippen molar-refractivity contribution in [2.45, 2.75) is 19.8 Å². The lowest BCUT2D eigenvalue weighted by molar-refractivity contribution is -0.138. The van der Waals surface area contributed by atoms with Crippen LogP contribution in [0.15, 0.2) is 18.2 Å². The molecule has 4 nitrogen and oxygen atoms in total. The average molecular weight is 396 g/mol. The quantitative estimate of drug-likeness (QED) is 0.727. The highest BCUT2D eigenvalue weighted by atomic mass is 127. The van der Waals surface area contributed by atoms with E-state index >= 15 is 0 Å². The number of aliphatic carboxylic acids is 1. The monoisotopic (exact) mass is 395 g/mol. The van der Waals surface area contributed by atoms with E-state index < -0.39 is 5.97 Å². The second-order valence-corrected chi connectivity index (χ2v) is 5.80. The second kappa shape index (κ2) is 7.69. The summed E-state index contributed by atoms with van der Waals surface area (Å²) in [4.78, 5) is 22.7. The largest absolute Gasteiger partial charge is 0.481 e. The number of carboxylic acids is 1. The minimum absolute atomic E-state index is 0.0571. The maximum Gasteiger partial charge on any atom is 0.303 e. The summed E-state index contributed by atoms with van der Waals surface area (Å²) in [6.45, 7) is 2.26. The molecule has 0 saturated heterocycles. The van der Waals surface area contributed by atoms with Crippen LogP contribution in [0.3, 0.4) is 0 Å². The highest BCUT2D eigenvalue weighted by molar-refractivity contribution is 14.1. The van der Waals surface area contributed by atoms with Gasteiger partial charge in [-0.05, 0) is 46.7 Å². The summed E-state index contributed by atoms with van der Waals surface area (Å²) >= 11 is 7.92. The van der Waals surface area contributed by atoms with E-state index in [0.717, 1.165) is 3.57 Å². The summed E-state index contributed by atoms with van der Waals surface area (Å²) in [6, 6.07) is 5.10. The molecule has 6 heteroatoms. The van der Waals surface area contributed by atoms with Crippen LogP contribution in [-0.4, -0.2) is 23.5 Å². The van der Waals surface area contributed by atoms with Crippen LogP contribution in [0.4, 0.5) is 0 Å². The van der Waals surface area contributed by atoms with Crippen LogP contribution >= 0.6 is 34.2 Å². The predicted molar refractivity (Wildman–Crippen MR) is 82.5 cm³/mol. The molecule has 0 spiro atoms. The highest BCUT2D eigenvalue weighted by Crippen LogP contribution is 2.18. The Morgan fingerprint density at radius 1 is 1.47 bits per heavy atom. The van der Waals surface area contributed by atoms with Gasteiger partial charge in [0.05, 0.1) is 5.56 Å². The summed E-state index contributed by atoms with van der Waals surface area (Å²) in [5.41, 5.74) is 0.512. The molecule has 1 aromatic rings. The molecule has 0 aliphatic carbocycles. The SMILES string of the molecule is CCC(CNC(=O)c1cc(Cl)ccc1I)CC(=O)O. The van der Waals surface area contributed by atoms with Gasteiger partial charge in [-0.2, -0.15) is 0 Å². The Kier molecular flexibility index (Phi) is 6.57.